The van der Waals surface area contributed by atoms with Gasteiger partial charge < -0.3 is 14.5 Å². The molecule has 2 saturated heterocycles. The first-order chi connectivity index (χ1) is 10.3. The van der Waals surface area contributed by atoms with Gasteiger partial charge in [0.05, 0.1) is 13.0 Å². The van der Waals surface area contributed by atoms with Crippen LogP contribution in [-0.2, 0) is 4.79 Å². The molecule has 0 N–H and O–H groups in total. The Hall–Kier alpha value is -1.50. The third-order valence-corrected chi connectivity index (χ3v) is 4.96. The van der Waals surface area contributed by atoms with E-state index in [-0.39, 0.29) is 5.92 Å². The largest absolute Gasteiger partial charge is 0.481 e. The van der Waals surface area contributed by atoms with Gasteiger partial charge in [-0.15, -0.1) is 0 Å². The van der Waals surface area contributed by atoms with Crippen LogP contribution in [0.3, 0.4) is 0 Å². The number of rotatable bonds is 3. The number of aromatic nitrogens is 2. The van der Waals surface area contributed by atoms with Crippen molar-refractivity contribution in [2.75, 3.05) is 49.7 Å². The van der Waals surface area contributed by atoms with Crippen LogP contribution < -0.4 is 9.64 Å². The van der Waals surface area contributed by atoms with Crippen molar-refractivity contribution in [3.8, 4) is 5.88 Å². The molecule has 2 fully saturated rings. The summed E-state index contributed by atoms with van der Waals surface area (Å²) in [7, 11) is 1.59. The SMILES string of the molecule is COc1cc(N2CCC(C(=O)N3CCSCC3)C2)ncn1. The summed E-state index contributed by atoms with van der Waals surface area (Å²) in [6, 6.07) is 1.82. The van der Waals surface area contributed by atoms with E-state index in [2.05, 4.69) is 14.9 Å². The Kier molecular flexibility index (Phi) is 4.48. The van der Waals surface area contributed by atoms with Crippen LogP contribution in [0.5, 0.6) is 5.88 Å². The predicted octanol–water partition coefficient (Wildman–Crippen LogP) is 0.887. The van der Waals surface area contributed by atoms with Gasteiger partial charge >= 0.3 is 0 Å². The number of hydrogen-bond acceptors (Lipinski definition) is 6. The Morgan fingerprint density at radius 3 is 2.90 bits per heavy atom. The number of hydrogen-bond donors (Lipinski definition) is 0. The summed E-state index contributed by atoms with van der Waals surface area (Å²) in [6.07, 6.45) is 2.40. The number of anilines is 1. The molecule has 0 saturated carbocycles. The van der Waals surface area contributed by atoms with E-state index in [1.165, 1.54) is 6.33 Å². The molecule has 0 bridgehead atoms. The molecule has 3 heterocycles. The molecule has 0 aromatic carbocycles. The van der Waals surface area contributed by atoms with Gasteiger partial charge in [-0.05, 0) is 6.42 Å². The molecule has 21 heavy (non-hydrogen) atoms. The van der Waals surface area contributed by atoms with Crippen molar-refractivity contribution in [2.24, 2.45) is 5.92 Å². The highest BCUT2D eigenvalue weighted by Crippen LogP contribution is 2.25. The van der Waals surface area contributed by atoms with Gasteiger partial charge in [0.1, 0.15) is 12.1 Å². The molecule has 0 spiro atoms. The van der Waals surface area contributed by atoms with Gasteiger partial charge in [-0.3, -0.25) is 4.79 Å². The zero-order valence-electron chi connectivity index (χ0n) is 12.2. The van der Waals surface area contributed by atoms with E-state index in [9.17, 15) is 4.79 Å². The molecule has 114 valence electrons. The second-order valence-corrected chi connectivity index (χ2v) is 6.51. The fourth-order valence-corrected chi connectivity index (χ4v) is 3.73. The standard InChI is InChI=1S/C14H20N4O2S/c1-20-13-8-12(15-10-16-13)18-3-2-11(9-18)14(19)17-4-6-21-7-5-17/h8,10-11H,2-7,9H2,1H3. The van der Waals surface area contributed by atoms with Crippen molar-refractivity contribution in [3.05, 3.63) is 12.4 Å². The van der Waals surface area contributed by atoms with Crippen LogP contribution in [0.2, 0.25) is 0 Å². The molecule has 2 aliphatic heterocycles. The smallest absolute Gasteiger partial charge is 0.227 e. The average molecular weight is 308 g/mol. The van der Waals surface area contributed by atoms with E-state index in [4.69, 9.17) is 4.74 Å². The van der Waals surface area contributed by atoms with Crippen molar-refractivity contribution < 1.29 is 9.53 Å². The first-order valence-corrected chi connectivity index (χ1v) is 8.41. The minimum absolute atomic E-state index is 0.0917. The Morgan fingerprint density at radius 2 is 2.14 bits per heavy atom. The van der Waals surface area contributed by atoms with Crippen LogP contribution >= 0.6 is 11.8 Å². The number of thioether (sulfide) groups is 1. The monoisotopic (exact) mass is 308 g/mol. The quantitative estimate of drug-likeness (QED) is 0.826. The molecule has 1 atom stereocenters. The van der Waals surface area contributed by atoms with Gasteiger partial charge in [0.15, 0.2) is 0 Å². The summed E-state index contributed by atoms with van der Waals surface area (Å²) in [6.45, 7) is 3.38. The van der Waals surface area contributed by atoms with Crippen LogP contribution in [0.1, 0.15) is 6.42 Å². The summed E-state index contributed by atoms with van der Waals surface area (Å²) in [4.78, 5) is 25.0. The van der Waals surface area contributed by atoms with Gasteiger partial charge in [0.25, 0.3) is 0 Å². The van der Waals surface area contributed by atoms with Gasteiger partial charge in [0, 0.05) is 43.8 Å². The molecular weight excluding hydrogens is 288 g/mol. The van der Waals surface area contributed by atoms with E-state index in [1.807, 2.05) is 22.7 Å². The maximum Gasteiger partial charge on any atom is 0.227 e. The Morgan fingerprint density at radius 1 is 1.33 bits per heavy atom. The van der Waals surface area contributed by atoms with Crippen LogP contribution in [0.25, 0.3) is 0 Å². The van der Waals surface area contributed by atoms with Crippen molar-refractivity contribution >= 4 is 23.5 Å². The summed E-state index contributed by atoms with van der Waals surface area (Å²) in [5.74, 6) is 3.92. The molecule has 1 aromatic rings. The van der Waals surface area contributed by atoms with Crippen LogP contribution in [-0.4, -0.2) is 65.6 Å². The van der Waals surface area contributed by atoms with E-state index in [0.717, 1.165) is 49.9 Å². The van der Waals surface area contributed by atoms with Gasteiger partial charge in [0.2, 0.25) is 11.8 Å². The van der Waals surface area contributed by atoms with Crippen molar-refractivity contribution in [1.29, 1.82) is 0 Å². The lowest BCUT2D eigenvalue weighted by Crippen LogP contribution is -2.42. The van der Waals surface area contributed by atoms with Gasteiger partial charge in [-0.1, -0.05) is 0 Å². The van der Waals surface area contributed by atoms with E-state index in [0.29, 0.717) is 11.8 Å². The molecule has 1 aromatic heterocycles. The third-order valence-electron chi connectivity index (χ3n) is 4.02. The average Bonchev–Trinajstić information content (AvgIpc) is 3.05. The lowest BCUT2D eigenvalue weighted by Gasteiger charge is -2.29. The highest BCUT2D eigenvalue weighted by Gasteiger charge is 2.32. The summed E-state index contributed by atoms with van der Waals surface area (Å²) < 4.78 is 5.13. The number of amides is 1. The number of methoxy groups -OCH3 is 1. The van der Waals surface area contributed by atoms with Gasteiger partial charge in [-0.2, -0.15) is 11.8 Å². The van der Waals surface area contributed by atoms with Crippen LogP contribution in [0, 0.1) is 5.92 Å². The second-order valence-electron chi connectivity index (χ2n) is 5.29. The van der Waals surface area contributed by atoms with Crippen LogP contribution in [0.4, 0.5) is 5.82 Å². The number of carbonyl (C=O) groups excluding carboxylic acids is 1. The number of ether oxygens (including phenoxy) is 1. The second kappa shape index (κ2) is 6.51. The topological polar surface area (TPSA) is 58.6 Å². The minimum Gasteiger partial charge on any atom is -0.481 e. The Labute approximate surface area is 128 Å². The Bertz CT molecular complexity index is 508. The lowest BCUT2D eigenvalue weighted by atomic mass is 10.1. The fraction of sp³-hybridized carbons (Fsp3) is 0.643. The first kappa shape index (κ1) is 14.4. The number of carbonyl (C=O) groups is 1. The molecule has 0 aliphatic carbocycles. The van der Waals surface area contributed by atoms with Gasteiger partial charge in [-0.25, -0.2) is 9.97 Å². The zero-order valence-corrected chi connectivity index (χ0v) is 13.0. The molecule has 2 aliphatic rings. The summed E-state index contributed by atoms with van der Waals surface area (Å²) in [5, 5.41) is 0. The maximum absolute atomic E-state index is 12.5. The van der Waals surface area contributed by atoms with Crippen molar-refractivity contribution in [2.45, 2.75) is 6.42 Å². The minimum atomic E-state index is 0.0917. The highest BCUT2D eigenvalue weighted by atomic mass is 32.2. The zero-order chi connectivity index (χ0) is 14.7. The Balaban J connectivity index is 1.63. The fourth-order valence-electron chi connectivity index (χ4n) is 2.83. The van der Waals surface area contributed by atoms with E-state index in [1.54, 1.807) is 7.11 Å². The normalized spacial score (nSPS) is 22.4. The molecule has 6 nitrogen and oxygen atoms in total. The van der Waals surface area contributed by atoms with Crippen molar-refractivity contribution in [1.82, 2.24) is 14.9 Å². The first-order valence-electron chi connectivity index (χ1n) is 7.25. The molecule has 0 radical (unpaired) electrons. The molecule has 3 rings (SSSR count). The third kappa shape index (κ3) is 3.23. The molecular formula is C14H20N4O2S. The molecule has 1 amide bonds. The highest BCUT2D eigenvalue weighted by molar-refractivity contribution is 7.99. The van der Waals surface area contributed by atoms with E-state index < -0.39 is 0 Å². The number of nitrogens with zero attached hydrogens (tertiary/aromatic N) is 4. The summed E-state index contributed by atoms with van der Waals surface area (Å²) >= 11 is 1.92. The molecule has 1 unspecified atom stereocenters. The molecule has 7 heteroatoms. The van der Waals surface area contributed by atoms with E-state index >= 15 is 0 Å². The van der Waals surface area contributed by atoms with Crippen molar-refractivity contribution in [3.63, 3.8) is 0 Å². The predicted molar refractivity (Wildman–Crippen MR) is 82.8 cm³/mol. The van der Waals surface area contributed by atoms with Crippen LogP contribution in [0.15, 0.2) is 12.4 Å². The maximum atomic E-state index is 12.5. The summed E-state index contributed by atoms with van der Waals surface area (Å²) in [5.41, 5.74) is 0. The lowest BCUT2D eigenvalue weighted by molar-refractivity contribution is -0.134.